The summed E-state index contributed by atoms with van der Waals surface area (Å²) < 4.78 is 6.53. The minimum Gasteiger partial charge on any atom is -0.469 e. The van der Waals surface area contributed by atoms with Gasteiger partial charge in [-0.05, 0) is 25.0 Å². The summed E-state index contributed by atoms with van der Waals surface area (Å²) in [7, 11) is 3.12. The minimum absolute atomic E-state index is 0.175. The number of aliphatic imine (C=N–C) groups is 1. The molecule has 0 amide bonds. The number of ether oxygens (including phenoxy) is 1. The Hall–Kier alpha value is -2.64. The van der Waals surface area contributed by atoms with Crippen LogP contribution in [0.15, 0.2) is 29.4 Å². The third-order valence-corrected chi connectivity index (χ3v) is 3.35. The van der Waals surface area contributed by atoms with E-state index in [1.54, 1.807) is 7.05 Å². The van der Waals surface area contributed by atoms with E-state index < -0.39 is 0 Å². The van der Waals surface area contributed by atoms with Gasteiger partial charge >= 0.3 is 5.97 Å². The number of carbonyl (C=O) groups excluding carboxylic acids is 1. The Balaban J connectivity index is 1.74. The van der Waals surface area contributed by atoms with E-state index in [4.69, 9.17) is 0 Å². The van der Waals surface area contributed by atoms with E-state index in [1.165, 1.54) is 7.11 Å². The lowest BCUT2D eigenvalue weighted by Gasteiger charge is -2.11. The molecule has 2 N–H and O–H groups in total. The third-order valence-electron chi connectivity index (χ3n) is 3.35. The molecule has 0 bridgehead atoms. The molecule has 124 valence electrons. The average molecular weight is 318 g/mol. The number of unbranched alkanes of at least 4 members (excludes halogenated alkanes) is 1. The lowest BCUT2D eigenvalue weighted by Crippen LogP contribution is -2.37. The molecule has 0 saturated heterocycles. The first-order valence-corrected chi connectivity index (χ1v) is 7.54. The molecule has 2 aromatic rings. The Labute approximate surface area is 135 Å². The monoisotopic (exact) mass is 318 g/mol. The van der Waals surface area contributed by atoms with Crippen LogP contribution in [0, 0.1) is 0 Å². The van der Waals surface area contributed by atoms with Gasteiger partial charge in [0.1, 0.15) is 0 Å². The molecule has 2 heterocycles. The fraction of sp³-hybridized carbons (Fsp3) is 0.467. The standard InChI is InChI=1S/C15H22N6O2/c1-16-15(17-9-5-3-8-14(22)23-2)18-11-13-20-19-12-7-4-6-10-21(12)13/h4,6-7,10H,3,5,8-9,11H2,1-2H3,(H2,16,17,18). The molecule has 0 aromatic carbocycles. The van der Waals surface area contributed by atoms with Crippen molar-refractivity contribution >= 4 is 17.6 Å². The van der Waals surface area contributed by atoms with Crippen LogP contribution in [0.4, 0.5) is 0 Å². The molecule has 0 unspecified atom stereocenters. The van der Waals surface area contributed by atoms with Crippen LogP contribution in [0.3, 0.4) is 0 Å². The van der Waals surface area contributed by atoms with Crippen molar-refractivity contribution in [3.05, 3.63) is 30.2 Å². The highest BCUT2D eigenvalue weighted by Crippen LogP contribution is 2.02. The largest absolute Gasteiger partial charge is 0.469 e. The number of aromatic nitrogens is 3. The van der Waals surface area contributed by atoms with E-state index in [2.05, 4.69) is 30.6 Å². The van der Waals surface area contributed by atoms with E-state index in [0.29, 0.717) is 18.9 Å². The van der Waals surface area contributed by atoms with Gasteiger partial charge in [-0.3, -0.25) is 14.2 Å². The quantitative estimate of drug-likeness (QED) is 0.338. The molecule has 0 aliphatic rings. The van der Waals surface area contributed by atoms with Crippen LogP contribution in [0.25, 0.3) is 5.65 Å². The van der Waals surface area contributed by atoms with Crippen molar-refractivity contribution in [2.75, 3.05) is 20.7 Å². The number of guanidine groups is 1. The van der Waals surface area contributed by atoms with Crippen molar-refractivity contribution in [2.24, 2.45) is 4.99 Å². The van der Waals surface area contributed by atoms with Gasteiger partial charge in [0, 0.05) is 26.2 Å². The smallest absolute Gasteiger partial charge is 0.305 e. The Morgan fingerprint density at radius 1 is 1.30 bits per heavy atom. The topological polar surface area (TPSA) is 92.9 Å². The fourth-order valence-electron chi connectivity index (χ4n) is 2.10. The maximum atomic E-state index is 11.0. The first-order chi connectivity index (χ1) is 11.2. The number of methoxy groups -OCH3 is 1. The van der Waals surface area contributed by atoms with Crippen molar-refractivity contribution in [2.45, 2.75) is 25.8 Å². The predicted octanol–water partition coefficient (Wildman–Crippen LogP) is 0.738. The molecule has 8 heteroatoms. The maximum Gasteiger partial charge on any atom is 0.305 e. The van der Waals surface area contributed by atoms with Crippen LogP contribution in [0.1, 0.15) is 25.1 Å². The van der Waals surface area contributed by atoms with Crippen LogP contribution in [-0.4, -0.2) is 47.2 Å². The number of hydrogen-bond donors (Lipinski definition) is 2. The second-order valence-corrected chi connectivity index (χ2v) is 4.93. The normalized spacial score (nSPS) is 11.5. The summed E-state index contributed by atoms with van der Waals surface area (Å²) in [5, 5.41) is 14.7. The van der Waals surface area contributed by atoms with Crippen LogP contribution in [0.2, 0.25) is 0 Å². The molecule has 2 rings (SSSR count). The highest BCUT2D eigenvalue weighted by atomic mass is 16.5. The average Bonchev–Trinajstić information content (AvgIpc) is 3.00. The summed E-state index contributed by atoms with van der Waals surface area (Å²) in [6, 6.07) is 5.77. The van der Waals surface area contributed by atoms with E-state index >= 15 is 0 Å². The summed E-state index contributed by atoms with van der Waals surface area (Å²) in [4.78, 5) is 15.2. The van der Waals surface area contributed by atoms with Gasteiger partial charge < -0.3 is 15.4 Å². The summed E-state index contributed by atoms with van der Waals surface area (Å²) >= 11 is 0. The summed E-state index contributed by atoms with van der Waals surface area (Å²) in [6.45, 7) is 1.25. The number of hydrogen-bond acceptors (Lipinski definition) is 5. The number of rotatable bonds is 7. The second kappa shape index (κ2) is 8.72. The van der Waals surface area contributed by atoms with Crippen molar-refractivity contribution in [1.29, 1.82) is 0 Å². The molecule has 0 fully saturated rings. The van der Waals surface area contributed by atoms with E-state index in [0.717, 1.165) is 30.9 Å². The lowest BCUT2D eigenvalue weighted by atomic mass is 10.2. The van der Waals surface area contributed by atoms with E-state index in [9.17, 15) is 4.79 Å². The zero-order chi connectivity index (χ0) is 16.5. The second-order valence-electron chi connectivity index (χ2n) is 4.93. The van der Waals surface area contributed by atoms with Gasteiger partial charge in [-0.25, -0.2) is 0 Å². The number of esters is 1. The van der Waals surface area contributed by atoms with Gasteiger partial charge in [-0.15, -0.1) is 10.2 Å². The van der Waals surface area contributed by atoms with Crippen LogP contribution < -0.4 is 10.6 Å². The predicted molar refractivity (Wildman–Crippen MR) is 87.1 cm³/mol. The molecule has 23 heavy (non-hydrogen) atoms. The number of carbonyl (C=O) groups is 1. The van der Waals surface area contributed by atoms with Gasteiger partial charge in [0.2, 0.25) is 0 Å². The first-order valence-electron chi connectivity index (χ1n) is 7.54. The minimum atomic E-state index is -0.175. The molecule has 0 aliphatic carbocycles. The number of nitrogens with zero attached hydrogens (tertiary/aromatic N) is 4. The zero-order valence-electron chi connectivity index (χ0n) is 13.5. The summed E-state index contributed by atoms with van der Waals surface area (Å²) in [6.07, 6.45) is 4.01. The maximum absolute atomic E-state index is 11.0. The van der Waals surface area contributed by atoms with Gasteiger partial charge in [0.05, 0.1) is 13.7 Å². The Kier molecular flexibility index (Phi) is 6.34. The first kappa shape index (κ1) is 16.7. The number of nitrogens with one attached hydrogen (secondary N) is 2. The fourth-order valence-corrected chi connectivity index (χ4v) is 2.10. The van der Waals surface area contributed by atoms with Gasteiger partial charge in [0.15, 0.2) is 17.4 Å². The zero-order valence-corrected chi connectivity index (χ0v) is 13.5. The Morgan fingerprint density at radius 2 is 2.17 bits per heavy atom. The van der Waals surface area contributed by atoms with Crippen LogP contribution >= 0.6 is 0 Å². The van der Waals surface area contributed by atoms with Crippen molar-refractivity contribution < 1.29 is 9.53 Å². The van der Waals surface area contributed by atoms with Crippen molar-refractivity contribution in [3.8, 4) is 0 Å². The van der Waals surface area contributed by atoms with E-state index in [1.807, 2.05) is 28.8 Å². The molecule has 2 aromatic heterocycles. The van der Waals surface area contributed by atoms with Crippen molar-refractivity contribution in [1.82, 2.24) is 25.2 Å². The highest BCUT2D eigenvalue weighted by Gasteiger charge is 2.05. The highest BCUT2D eigenvalue weighted by molar-refractivity contribution is 5.79. The van der Waals surface area contributed by atoms with Gasteiger partial charge in [-0.2, -0.15) is 0 Å². The van der Waals surface area contributed by atoms with E-state index in [-0.39, 0.29) is 5.97 Å². The lowest BCUT2D eigenvalue weighted by molar-refractivity contribution is -0.140. The van der Waals surface area contributed by atoms with Crippen LogP contribution in [0.5, 0.6) is 0 Å². The molecule has 0 saturated carbocycles. The Bertz CT molecular complexity index is 667. The molecular formula is C15H22N6O2. The van der Waals surface area contributed by atoms with Crippen LogP contribution in [-0.2, 0) is 16.1 Å². The third kappa shape index (κ3) is 4.94. The summed E-state index contributed by atoms with van der Waals surface area (Å²) in [5.41, 5.74) is 0.815. The molecule has 8 nitrogen and oxygen atoms in total. The molecule has 0 atom stereocenters. The molecule has 0 radical (unpaired) electrons. The SMILES string of the molecule is CN=C(NCCCCC(=O)OC)NCc1nnc2ccccn12. The summed E-state index contributed by atoms with van der Waals surface area (Å²) in [5.74, 6) is 1.33. The van der Waals surface area contributed by atoms with Gasteiger partial charge in [0.25, 0.3) is 0 Å². The molecule has 0 aliphatic heterocycles. The molecule has 0 spiro atoms. The Morgan fingerprint density at radius 3 is 2.96 bits per heavy atom. The number of pyridine rings is 1. The number of fused-ring (bicyclic) bond motifs is 1. The molecular weight excluding hydrogens is 296 g/mol. The van der Waals surface area contributed by atoms with Crippen molar-refractivity contribution in [3.63, 3.8) is 0 Å². The van der Waals surface area contributed by atoms with Gasteiger partial charge in [-0.1, -0.05) is 6.07 Å².